The largest absolute Gasteiger partial charge is 0.349 e. The zero-order valence-electron chi connectivity index (χ0n) is 10.2. The summed E-state index contributed by atoms with van der Waals surface area (Å²) in [5.74, 6) is 0.384. The van der Waals surface area contributed by atoms with Gasteiger partial charge in [0.25, 0.3) is 11.7 Å². The maximum absolute atomic E-state index is 11.5. The van der Waals surface area contributed by atoms with E-state index in [0.717, 1.165) is 25.9 Å². The molecule has 1 fully saturated rings. The molecule has 1 amide bonds. The van der Waals surface area contributed by atoms with Gasteiger partial charge in [0.2, 0.25) is 5.89 Å². The smallest absolute Gasteiger partial charge is 0.292 e. The number of aromatic nitrogens is 2. The van der Waals surface area contributed by atoms with Crippen LogP contribution in [0, 0.1) is 0 Å². The Labute approximate surface area is 100 Å². The monoisotopic (exact) mass is 238 g/mol. The van der Waals surface area contributed by atoms with Crippen LogP contribution in [-0.4, -0.2) is 35.7 Å². The molecule has 1 unspecified atom stereocenters. The van der Waals surface area contributed by atoms with E-state index in [0.29, 0.717) is 12.4 Å². The predicted octanol–water partition coefficient (Wildman–Crippen LogP) is 0.460. The first-order valence-electron chi connectivity index (χ1n) is 5.99. The lowest BCUT2D eigenvalue weighted by Gasteiger charge is -2.30. The first kappa shape index (κ1) is 12.0. The van der Waals surface area contributed by atoms with Crippen molar-refractivity contribution in [2.45, 2.75) is 32.1 Å². The molecular formula is C11H18N4O2. The minimum absolute atomic E-state index is 0.119. The van der Waals surface area contributed by atoms with Gasteiger partial charge in [-0.2, -0.15) is 4.98 Å². The van der Waals surface area contributed by atoms with E-state index in [-0.39, 0.29) is 17.1 Å². The number of amides is 1. The topological polar surface area (TPSA) is 80.0 Å². The fraction of sp³-hybridized carbons (Fsp3) is 0.727. The Bertz CT molecular complexity index is 396. The molecule has 2 heterocycles. The van der Waals surface area contributed by atoms with Crippen LogP contribution in [0.4, 0.5) is 0 Å². The van der Waals surface area contributed by atoms with Crippen LogP contribution in [-0.2, 0) is 5.41 Å². The Balaban J connectivity index is 2.14. The van der Waals surface area contributed by atoms with Crippen LogP contribution in [0.2, 0.25) is 0 Å². The summed E-state index contributed by atoms with van der Waals surface area (Å²) in [6, 6.07) is 0. The molecule has 0 aromatic carbocycles. The number of nitrogens with zero attached hydrogens (tertiary/aromatic N) is 2. The standard InChI is InChI=1S/C11H18N4O2/c1-3-13-9(16)8-14-10(17-15-8)11(2)5-4-6-12-7-11/h12H,3-7H2,1-2H3,(H,13,16). The average Bonchev–Trinajstić information content (AvgIpc) is 2.80. The molecule has 1 saturated heterocycles. The molecule has 2 rings (SSSR count). The molecule has 0 saturated carbocycles. The average molecular weight is 238 g/mol. The molecule has 0 bridgehead atoms. The van der Waals surface area contributed by atoms with Crippen LogP contribution in [0.25, 0.3) is 0 Å². The fourth-order valence-electron chi connectivity index (χ4n) is 2.04. The van der Waals surface area contributed by atoms with Crippen molar-refractivity contribution < 1.29 is 9.32 Å². The molecule has 17 heavy (non-hydrogen) atoms. The van der Waals surface area contributed by atoms with Gasteiger partial charge < -0.3 is 15.2 Å². The van der Waals surface area contributed by atoms with E-state index in [4.69, 9.17) is 4.52 Å². The Morgan fingerprint density at radius 3 is 3.12 bits per heavy atom. The van der Waals surface area contributed by atoms with Gasteiger partial charge in [0, 0.05) is 13.1 Å². The van der Waals surface area contributed by atoms with E-state index in [1.165, 1.54) is 0 Å². The first-order valence-corrected chi connectivity index (χ1v) is 5.99. The lowest BCUT2D eigenvalue weighted by Crippen LogP contribution is -2.41. The van der Waals surface area contributed by atoms with E-state index in [9.17, 15) is 4.79 Å². The highest BCUT2D eigenvalue weighted by molar-refractivity contribution is 5.90. The molecule has 94 valence electrons. The lowest BCUT2D eigenvalue weighted by molar-refractivity contribution is 0.0942. The van der Waals surface area contributed by atoms with Crippen molar-refractivity contribution in [3.63, 3.8) is 0 Å². The van der Waals surface area contributed by atoms with Crippen molar-refractivity contribution >= 4 is 5.91 Å². The van der Waals surface area contributed by atoms with Crippen LogP contribution in [0.15, 0.2) is 4.52 Å². The second kappa shape index (κ2) is 4.83. The normalized spacial score (nSPS) is 24.6. The maximum Gasteiger partial charge on any atom is 0.292 e. The Hall–Kier alpha value is -1.43. The molecule has 1 aliphatic heterocycles. The van der Waals surface area contributed by atoms with Crippen molar-refractivity contribution in [1.29, 1.82) is 0 Å². The highest BCUT2D eigenvalue weighted by atomic mass is 16.5. The van der Waals surface area contributed by atoms with Gasteiger partial charge in [-0.3, -0.25) is 4.79 Å². The second-order valence-electron chi connectivity index (χ2n) is 4.62. The third-order valence-electron chi connectivity index (χ3n) is 3.08. The molecule has 0 aliphatic carbocycles. The van der Waals surface area contributed by atoms with E-state index >= 15 is 0 Å². The third-order valence-corrected chi connectivity index (χ3v) is 3.08. The number of piperidine rings is 1. The SMILES string of the molecule is CCNC(=O)c1noc(C2(C)CCCNC2)n1. The van der Waals surface area contributed by atoms with Crippen LogP contribution in [0.5, 0.6) is 0 Å². The minimum Gasteiger partial charge on any atom is -0.349 e. The number of carbonyl (C=O) groups excluding carboxylic acids is 1. The van der Waals surface area contributed by atoms with Gasteiger partial charge in [-0.05, 0) is 33.2 Å². The molecule has 2 N–H and O–H groups in total. The van der Waals surface area contributed by atoms with Gasteiger partial charge >= 0.3 is 0 Å². The summed E-state index contributed by atoms with van der Waals surface area (Å²) in [7, 11) is 0. The number of carbonyl (C=O) groups is 1. The fourth-order valence-corrected chi connectivity index (χ4v) is 2.04. The van der Waals surface area contributed by atoms with Gasteiger partial charge in [-0.1, -0.05) is 5.16 Å². The maximum atomic E-state index is 11.5. The predicted molar refractivity (Wildman–Crippen MR) is 61.8 cm³/mol. The van der Waals surface area contributed by atoms with Crippen LogP contribution < -0.4 is 10.6 Å². The molecule has 1 atom stereocenters. The van der Waals surface area contributed by atoms with Crippen LogP contribution in [0.3, 0.4) is 0 Å². The summed E-state index contributed by atoms with van der Waals surface area (Å²) in [6.07, 6.45) is 2.08. The molecular weight excluding hydrogens is 220 g/mol. The quantitative estimate of drug-likeness (QED) is 0.799. The van der Waals surface area contributed by atoms with Gasteiger partial charge in [0.15, 0.2) is 0 Å². The third kappa shape index (κ3) is 2.46. The molecule has 1 aliphatic rings. The van der Waals surface area contributed by atoms with Crippen molar-refractivity contribution in [2.75, 3.05) is 19.6 Å². The molecule has 0 spiro atoms. The summed E-state index contributed by atoms with van der Waals surface area (Å²) in [6.45, 7) is 6.32. The van der Waals surface area contributed by atoms with E-state index in [2.05, 4.69) is 27.7 Å². The van der Waals surface area contributed by atoms with E-state index in [1.54, 1.807) is 0 Å². The van der Waals surface area contributed by atoms with Crippen LogP contribution in [0.1, 0.15) is 43.2 Å². The zero-order valence-corrected chi connectivity index (χ0v) is 10.2. The summed E-state index contributed by atoms with van der Waals surface area (Å²) in [5.41, 5.74) is -0.157. The van der Waals surface area contributed by atoms with Gasteiger partial charge in [-0.25, -0.2) is 0 Å². The number of hydrogen-bond acceptors (Lipinski definition) is 5. The Kier molecular flexibility index (Phi) is 3.42. The Morgan fingerprint density at radius 1 is 1.65 bits per heavy atom. The first-order chi connectivity index (χ1) is 8.15. The lowest BCUT2D eigenvalue weighted by atomic mass is 9.83. The highest BCUT2D eigenvalue weighted by Crippen LogP contribution is 2.29. The molecule has 0 radical (unpaired) electrons. The number of rotatable bonds is 3. The van der Waals surface area contributed by atoms with Gasteiger partial charge in [0.1, 0.15) is 0 Å². The second-order valence-corrected chi connectivity index (χ2v) is 4.62. The summed E-state index contributed by atoms with van der Waals surface area (Å²) in [4.78, 5) is 15.7. The number of nitrogens with one attached hydrogen (secondary N) is 2. The summed E-state index contributed by atoms with van der Waals surface area (Å²) >= 11 is 0. The molecule has 1 aromatic heterocycles. The zero-order chi connectivity index (χ0) is 12.3. The highest BCUT2D eigenvalue weighted by Gasteiger charge is 2.35. The molecule has 1 aromatic rings. The Morgan fingerprint density at radius 2 is 2.47 bits per heavy atom. The summed E-state index contributed by atoms with van der Waals surface area (Å²) in [5, 5.41) is 9.69. The van der Waals surface area contributed by atoms with E-state index in [1.807, 2.05) is 6.92 Å². The van der Waals surface area contributed by atoms with Crippen molar-refractivity contribution in [3.8, 4) is 0 Å². The van der Waals surface area contributed by atoms with Gasteiger partial charge in [-0.15, -0.1) is 0 Å². The van der Waals surface area contributed by atoms with Gasteiger partial charge in [0.05, 0.1) is 5.41 Å². The number of hydrogen-bond donors (Lipinski definition) is 2. The van der Waals surface area contributed by atoms with Crippen LogP contribution >= 0.6 is 0 Å². The van der Waals surface area contributed by atoms with Crippen molar-refractivity contribution in [2.24, 2.45) is 0 Å². The van der Waals surface area contributed by atoms with E-state index < -0.39 is 0 Å². The summed E-state index contributed by atoms with van der Waals surface area (Å²) < 4.78 is 5.21. The molecule has 6 heteroatoms. The molecule has 6 nitrogen and oxygen atoms in total. The van der Waals surface area contributed by atoms with Crippen molar-refractivity contribution in [1.82, 2.24) is 20.8 Å². The minimum atomic E-state index is -0.283. The van der Waals surface area contributed by atoms with Crippen molar-refractivity contribution in [3.05, 3.63) is 11.7 Å².